The highest BCUT2D eigenvalue weighted by atomic mass is 32.2. The summed E-state index contributed by atoms with van der Waals surface area (Å²) >= 11 is 1.96. The van der Waals surface area contributed by atoms with Crippen molar-refractivity contribution in [2.75, 3.05) is 18.9 Å². The lowest BCUT2D eigenvalue weighted by Crippen LogP contribution is -2.50. The van der Waals surface area contributed by atoms with Gasteiger partial charge in [-0.1, -0.05) is 12.1 Å². The maximum Gasteiger partial charge on any atom is 0.157 e. The molecule has 0 radical (unpaired) electrons. The topological polar surface area (TPSA) is 77.3 Å². The second kappa shape index (κ2) is 8.81. The first-order chi connectivity index (χ1) is 15.0. The monoisotopic (exact) mass is 480 g/mol. The Morgan fingerprint density at radius 3 is 2.81 bits per heavy atom. The fraction of sp³-hybridized carbons (Fsp3) is 0.739. The molecule has 0 unspecified atom stereocenters. The molecule has 2 atom stereocenters. The van der Waals surface area contributed by atoms with Crippen molar-refractivity contribution < 1.29 is 13.2 Å². The predicted octanol–water partition coefficient (Wildman–Crippen LogP) is 3.57. The van der Waals surface area contributed by atoms with E-state index in [4.69, 9.17) is 4.74 Å². The molecule has 0 amide bonds. The standard InChI is InChI=1S/C23H36N4O3S2/c1-6-19-13-20-21(31-19)7-11-30-23(20)8-9-26(17(2)14-23)15-18-16-27(25-24-18)10-12-32(28,29)22(3,4)5/h13,16-17H,6-12,14-15H2,1-5H3/t17-,23+/m0/s1. The van der Waals surface area contributed by atoms with Gasteiger partial charge < -0.3 is 4.74 Å². The summed E-state index contributed by atoms with van der Waals surface area (Å²) in [7, 11) is -3.18. The average molecular weight is 481 g/mol. The number of nitrogens with zero attached hydrogens (tertiary/aromatic N) is 4. The van der Waals surface area contributed by atoms with Gasteiger partial charge in [0.05, 0.1) is 34.9 Å². The molecule has 1 saturated heterocycles. The van der Waals surface area contributed by atoms with Crippen LogP contribution >= 0.6 is 11.3 Å². The molecule has 32 heavy (non-hydrogen) atoms. The van der Waals surface area contributed by atoms with Crippen molar-refractivity contribution in [3.8, 4) is 0 Å². The van der Waals surface area contributed by atoms with E-state index in [0.717, 1.165) is 51.1 Å². The van der Waals surface area contributed by atoms with Gasteiger partial charge in [0, 0.05) is 41.5 Å². The van der Waals surface area contributed by atoms with Crippen molar-refractivity contribution in [2.24, 2.45) is 0 Å². The molecule has 2 aliphatic rings. The van der Waals surface area contributed by atoms with Crippen LogP contribution in [0.4, 0.5) is 0 Å². The first kappa shape index (κ1) is 23.9. The van der Waals surface area contributed by atoms with Crippen LogP contribution in [0.3, 0.4) is 0 Å². The third-order valence-electron chi connectivity index (χ3n) is 6.93. The number of hydrogen-bond acceptors (Lipinski definition) is 7. The first-order valence-electron chi connectivity index (χ1n) is 11.6. The van der Waals surface area contributed by atoms with Gasteiger partial charge in [0.2, 0.25) is 0 Å². The highest BCUT2D eigenvalue weighted by Gasteiger charge is 2.44. The van der Waals surface area contributed by atoms with Gasteiger partial charge in [0.1, 0.15) is 0 Å². The van der Waals surface area contributed by atoms with Gasteiger partial charge in [-0.3, -0.25) is 9.58 Å². The van der Waals surface area contributed by atoms with Gasteiger partial charge in [0.15, 0.2) is 9.84 Å². The van der Waals surface area contributed by atoms with Crippen LogP contribution in [0, 0.1) is 0 Å². The molecule has 4 heterocycles. The molecule has 4 rings (SSSR count). The highest BCUT2D eigenvalue weighted by Crippen LogP contribution is 2.46. The van der Waals surface area contributed by atoms with Gasteiger partial charge in [-0.2, -0.15) is 0 Å². The minimum absolute atomic E-state index is 0.0714. The number of fused-ring (bicyclic) bond motifs is 2. The van der Waals surface area contributed by atoms with Crippen molar-refractivity contribution in [3.05, 3.63) is 33.3 Å². The molecule has 0 N–H and O–H groups in total. The number of aryl methyl sites for hydroxylation is 2. The lowest BCUT2D eigenvalue weighted by molar-refractivity contribution is -0.112. The number of likely N-dealkylation sites (tertiary alicyclic amines) is 1. The third kappa shape index (κ3) is 4.67. The largest absolute Gasteiger partial charge is 0.370 e. The summed E-state index contributed by atoms with van der Waals surface area (Å²) < 4.78 is 32.1. The molecule has 0 bridgehead atoms. The molecular weight excluding hydrogens is 444 g/mol. The van der Waals surface area contributed by atoms with Crippen molar-refractivity contribution in [1.29, 1.82) is 0 Å². The van der Waals surface area contributed by atoms with Crippen molar-refractivity contribution in [2.45, 2.75) is 89.8 Å². The number of thiophene rings is 1. The number of aromatic nitrogens is 3. The Hall–Kier alpha value is -1.29. The Morgan fingerprint density at radius 1 is 1.34 bits per heavy atom. The molecule has 1 spiro atoms. The number of rotatable bonds is 6. The number of piperidine rings is 1. The molecule has 178 valence electrons. The maximum atomic E-state index is 12.4. The van der Waals surface area contributed by atoms with E-state index in [1.807, 2.05) is 17.5 Å². The molecule has 2 aliphatic heterocycles. The zero-order chi connectivity index (χ0) is 23.1. The summed E-state index contributed by atoms with van der Waals surface area (Å²) in [6.07, 6.45) is 5.98. The normalized spacial score (nSPS) is 24.7. The van der Waals surface area contributed by atoms with Crippen molar-refractivity contribution in [1.82, 2.24) is 19.9 Å². The molecule has 0 aromatic carbocycles. The number of hydrogen-bond donors (Lipinski definition) is 0. The Kier molecular flexibility index (Phi) is 6.57. The zero-order valence-corrected chi connectivity index (χ0v) is 21.6. The molecule has 1 fully saturated rings. The summed E-state index contributed by atoms with van der Waals surface area (Å²) in [6.45, 7) is 12.5. The van der Waals surface area contributed by atoms with Gasteiger partial charge in [-0.05, 0) is 58.6 Å². The summed E-state index contributed by atoms with van der Waals surface area (Å²) in [6, 6.07) is 2.75. The van der Waals surface area contributed by atoms with E-state index in [9.17, 15) is 8.42 Å². The molecule has 9 heteroatoms. The van der Waals surface area contributed by atoms with Crippen LogP contribution in [0.15, 0.2) is 12.3 Å². The SMILES string of the molecule is CCc1cc2c(s1)CCO[C@@]21CCN(Cc2cn(CCS(=O)(=O)C(C)(C)C)nn2)[C@@H](C)C1. The Labute approximate surface area is 196 Å². The number of ether oxygens (including phenoxy) is 1. The van der Waals surface area contributed by atoms with Crippen molar-refractivity contribution in [3.63, 3.8) is 0 Å². The van der Waals surface area contributed by atoms with Crippen LogP contribution in [0.25, 0.3) is 0 Å². The van der Waals surface area contributed by atoms with Crippen LogP contribution in [-0.4, -0.2) is 58.0 Å². The molecule has 2 aromatic heterocycles. The summed E-state index contributed by atoms with van der Waals surface area (Å²) in [5, 5.41) is 8.48. The Balaban J connectivity index is 1.39. The third-order valence-corrected chi connectivity index (χ3v) is 10.9. The molecule has 0 aliphatic carbocycles. The van der Waals surface area contributed by atoms with E-state index < -0.39 is 14.6 Å². The maximum absolute atomic E-state index is 12.4. The summed E-state index contributed by atoms with van der Waals surface area (Å²) in [5.41, 5.74) is 2.17. The van der Waals surface area contributed by atoms with E-state index in [-0.39, 0.29) is 11.4 Å². The fourth-order valence-electron chi connectivity index (χ4n) is 4.76. The Morgan fingerprint density at radius 2 is 2.12 bits per heavy atom. The minimum atomic E-state index is -3.18. The lowest BCUT2D eigenvalue weighted by Gasteiger charge is -2.47. The zero-order valence-electron chi connectivity index (χ0n) is 19.9. The van der Waals surface area contributed by atoms with Crippen LogP contribution in [0.5, 0.6) is 0 Å². The molecule has 0 saturated carbocycles. The van der Waals surface area contributed by atoms with Gasteiger partial charge in [-0.15, -0.1) is 16.4 Å². The van der Waals surface area contributed by atoms with E-state index in [1.54, 1.807) is 25.5 Å². The summed E-state index contributed by atoms with van der Waals surface area (Å²) in [4.78, 5) is 5.41. The van der Waals surface area contributed by atoms with E-state index in [1.165, 1.54) is 15.3 Å². The predicted molar refractivity (Wildman–Crippen MR) is 128 cm³/mol. The summed E-state index contributed by atoms with van der Waals surface area (Å²) in [5.74, 6) is 0.0714. The quantitative estimate of drug-likeness (QED) is 0.629. The van der Waals surface area contributed by atoms with Crippen LogP contribution in [0.2, 0.25) is 0 Å². The second-order valence-corrected chi connectivity index (χ2v) is 14.3. The van der Waals surface area contributed by atoms with Crippen LogP contribution < -0.4 is 0 Å². The second-order valence-electron chi connectivity index (χ2n) is 10.2. The minimum Gasteiger partial charge on any atom is -0.370 e. The van der Waals surface area contributed by atoms with Crippen LogP contribution in [-0.2, 0) is 46.1 Å². The van der Waals surface area contributed by atoms with Gasteiger partial charge in [0.25, 0.3) is 0 Å². The van der Waals surface area contributed by atoms with Crippen molar-refractivity contribution >= 4 is 21.2 Å². The first-order valence-corrected chi connectivity index (χ1v) is 14.1. The Bertz CT molecular complexity index is 1050. The lowest BCUT2D eigenvalue weighted by atomic mass is 9.79. The number of sulfone groups is 1. The smallest absolute Gasteiger partial charge is 0.157 e. The molecule has 7 nitrogen and oxygen atoms in total. The van der Waals surface area contributed by atoms with E-state index in [2.05, 4.69) is 35.1 Å². The average Bonchev–Trinajstić information content (AvgIpc) is 3.35. The van der Waals surface area contributed by atoms with Crippen LogP contribution in [0.1, 0.15) is 68.5 Å². The van der Waals surface area contributed by atoms with E-state index >= 15 is 0 Å². The fourth-order valence-corrected chi connectivity index (χ4v) is 6.98. The molecule has 2 aromatic rings. The van der Waals surface area contributed by atoms with E-state index in [0.29, 0.717) is 12.6 Å². The van der Waals surface area contributed by atoms with Gasteiger partial charge in [-0.25, -0.2) is 8.42 Å². The highest BCUT2D eigenvalue weighted by molar-refractivity contribution is 7.92. The molecular formula is C23H36N4O3S2. The van der Waals surface area contributed by atoms with Gasteiger partial charge >= 0.3 is 0 Å².